The lowest BCUT2D eigenvalue weighted by Gasteiger charge is -2.18. The highest BCUT2D eigenvalue weighted by molar-refractivity contribution is 6.29. The molecule has 2 aliphatic carbocycles. The van der Waals surface area contributed by atoms with E-state index in [-0.39, 0.29) is 11.6 Å². The molecule has 0 fully saturated rings. The van der Waals surface area contributed by atoms with Gasteiger partial charge in [-0.25, -0.2) is 0 Å². The molecule has 23 heavy (non-hydrogen) atoms. The molecule has 0 N–H and O–H groups in total. The Kier molecular flexibility index (Phi) is 3.06. The van der Waals surface area contributed by atoms with E-state index in [1.54, 1.807) is 42.5 Å². The molecule has 0 atom stereocenters. The maximum absolute atomic E-state index is 12.8. The van der Waals surface area contributed by atoms with Crippen LogP contribution >= 0.6 is 0 Å². The molecule has 0 unspecified atom stereocenters. The van der Waals surface area contributed by atoms with Gasteiger partial charge in [-0.15, -0.1) is 0 Å². The van der Waals surface area contributed by atoms with Gasteiger partial charge in [-0.3, -0.25) is 9.59 Å². The predicted octanol–water partition coefficient (Wildman–Crippen LogP) is 3.70. The summed E-state index contributed by atoms with van der Waals surface area (Å²) in [6.07, 6.45) is 6.78. The van der Waals surface area contributed by atoms with Gasteiger partial charge in [-0.1, -0.05) is 66.5 Å². The van der Waals surface area contributed by atoms with Gasteiger partial charge in [0.15, 0.2) is 11.6 Å². The van der Waals surface area contributed by atoms with Crippen LogP contribution in [-0.2, 0) is 0 Å². The Balaban J connectivity index is 1.87. The van der Waals surface area contributed by atoms with E-state index in [1.165, 1.54) is 0 Å². The van der Waals surface area contributed by atoms with Crippen molar-refractivity contribution in [3.05, 3.63) is 94.1 Å². The minimum absolute atomic E-state index is 0.111. The largest absolute Gasteiger partial charge is 0.289 e. The zero-order chi connectivity index (χ0) is 15.8. The Morgan fingerprint density at radius 2 is 1.52 bits per heavy atom. The van der Waals surface area contributed by atoms with E-state index in [0.717, 1.165) is 12.0 Å². The third kappa shape index (κ3) is 2.15. The summed E-state index contributed by atoms with van der Waals surface area (Å²) < 4.78 is 0. The molecule has 0 heterocycles. The molecule has 0 saturated heterocycles. The molecule has 0 bridgehead atoms. The molecule has 2 aromatic carbocycles. The minimum Gasteiger partial charge on any atom is -0.289 e. The summed E-state index contributed by atoms with van der Waals surface area (Å²) in [7, 11) is 0. The van der Waals surface area contributed by atoms with Crippen molar-refractivity contribution in [1.82, 2.24) is 0 Å². The topological polar surface area (TPSA) is 34.1 Å². The quantitative estimate of drug-likeness (QED) is 0.593. The van der Waals surface area contributed by atoms with Gasteiger partial charge in [0.1, 0.15) is 0 Å². The van der Waals surface area contributed by atoms with E-state index in [9.17, 15) is 9.59 Å². The second-order valence-corrected chi connectivity index (χ2v) is 5.51. The van der Waals surface area contributed by atoms with Gasteiger partial charge >= 0.3 is 0 Å². The molecule has 0 aliphatic heterocycles. The van der Waals surface area contributed by atoms with E-state index in [2.05, 4.69) is 11.8 Å². The van der Waals surface area contributed by atoms with Crippen LogP contribution in [0.15, 0.2) is 66.3 Å². The number of carbonyl (C=O) groups excluding carboxylic acids is 2. The van der Waals surface area contributed by atoms with Crippen LogP contribution in [0.1, 0.15) is 43.8 Å². The number of carbonyl (C=O) groups is 2. The standard InChI is InChI=1S/C21H12O2/c22-20-16-9-3-4-10-17(16)21(23)19-15(8-5-11-18(19)20)13-12-14-6-1-2-7-14/h1-6,8-11H,7H2. The third-order valence-corrected chi connectivity index (χ3v) is 4.08. The third-order valence-electron chi connectivity index (χ3n) is 4.08. The maximum atomic E-state index is 12.8. The fourth-order valence-corrected chi connectivity index (χ4v) is 2.94. The molecular weight excluding hydrogens is 284 g/mol. The minimum atomic E-state index is -0.126. The highest BCUT2D eigenvalue weighted by Crippen LogP contribution is 2.29. The fourth-order valence-electron chi connectivity index (χ4n) is 2.94. The van der Waals surface area contributed by atoms with Crippen LogP contribution < -0.4 is 0 Å². The van der Waals surface area contributed by atoms with Gasteiger partial charge in [-0.05, 0) is 12.5 Å². The summed E-state index contributed by atoms with van der Waals surface area (Å²) in [5.41, 5.74) is 3.42. The van der Waals surface area contributed by atoms with E-state index in [4.69, 9.17) is 0 Å². The van der Waals surface area contributed by atoms with E-state index >= 15 is 0 Å². The van der Waals surface area contributed by atoms with Crippen LogP contribution in [0.4, 0.5) is 0 Å². The second kappa shape index (κ2) is 5.23. The molecular formula is C21H12O2. The van der Waals surface area contributed by atoms with Crippen molar-refractivity contribution in [2.45, 2.75) is 6.42 Å². The van der Waals surface area contributed by atoms with Crippen LogP contribution in [0.25, 0.3) is 0 Å². The van der Waals surface area contributed by atoms with Crippen LogP contribution in [0.5, 0.6) is 0 Å². The van der Waals surface area contributed by atoms with Gasteiger partial charge in [0, 0.05) is 33.4 Å². The Bertz CT molecular complexity index is 978. The molecule has 108 valence electrons. The van der Waals surface area contributed by atoms with Crippen molar-refractivity contribution in [2.75, 3.05) is 0 Å². The lowest BCUT2D eigenvalue weighted by molar-refractivity contribution is 0.0979. The summed E-state index contributed by atoms with van der Waals surface area (Å²) >= 11 is 0. The van der Waals surface area contributed by atoms with Crippen molar-refractivity contribution >= 4 is 11.6 Å². The summed E-state index contributed by atoms with van der Waals surface area (Å²) in [5, 5.41) is 0. The molecule has 0 saturated carbocycles. The van der Waals surface area contributed by atoms with Crippen molar-refractivity contribution in [3.8, 4) is 11.8 Å². The van der Waals surface area contributed by atoms with Crippen molar-refractivity contribution < 1.29 is 9.59 Å². The van der Waals surface area contributed by atoms with E-state index in [0.29, 0.717) is 27.8 Å². The predicted molar refractivity (Wildman–Crippen MR) is 88.5 cm³/mol. The lowest BCUT2D eigenvalue weighted by atomic mass is 9.82. The van der Waals surface area contributed by atoms with Gasteiger partial charge in [0.2, 0.25) is 0 Å². The molecule has 2 nitrogen and oxygen atoms in total. The number of rotatable bonds is 0. The fraction of sp³-hybridized carbons (Fsp3) is 0.0476. The molecule has 0 radical (unpaired) electrons. The monoisotopic (exact) mass is 296 g/mol. The first kappa shape index (κ1) is 13.5. The molecule has 2 heteroatoms. The Labute approximate surface area is 134 Å². The Hall–Kier alpha value is -3.18. The van der Waals surface area contributed by atoms with Crippen molar-refractivity contribution in [2.24, 2.45) is 0 Å². The lowest BCUT2D eigenvalue weighted by Crippen LogP contribution is -2.21. The molecule has 4 rings (SSSR count). The van der Waals surface area contributed by atoms with E-state index < -0.39 is 0 Å². The highest BCUT2D eigenvalue weighted by atomic mass is 16.1. The van der Waals surface area contributed by atoms with Gasteiger partial charge in [-0.2, -0.15) is 0 Å². The van der Waals surface area contributed by atoms with Crippen LogP contribution in [-0.4, -0.2) is 11.6 Å². The average molecular weight is 296 g/mol. The van der Waals surface area contributed by atoms with Gasteiger partial charge < -0.3 is 0 Å². The summed E-state index contributed by atoms with van der Waals surface area (Å²) in [6.45, 7) is 0. The van der Waals surface area contributed by atoms with Crippen molar-refractivity contribution in [3.63, 3.8) is 0 Å². The molecule has 2 aromatic rings. The average Bonchev–Trinajstić information content (AvgIpc) is 3.11. The van der Waals surface area contributed by atoms with Crippen LogP contribution in [0.3, 0.4) is 0 Å². The molecule has 0 aromatic heterocycles. The molecule has 0 spiro atoms. The highest BCUT2D eigenvalue weighted by Gasteiger charge is 2.30. The summed E-state index contributed by atoms with van der Waals surface area (Å²) in [4.78, 5) is 25.5. The van der Waals surface area contributed by atoms with Crippen LogP contribution in [0.2, 0.25) is 0 Å². The SMILES string of the molecule is O=C1c2ccccc2C(=O)c2c(C#CC3=CC=CC3)cccc21. The summed E-state index contributed by atoms with van der Waals surface area (Å²) in [5.74, 6) is 5.92. The Morgan fingerprint density at radius 1 is 0.783 bits per heavy atom. The molecule has 2 aliphatic rings. The second-order valence-electron chi connectivity index (χ2n) is 5.51. The summed E-state index contributed by atoms with van der Waals surface area (Å²) in [6, 6.07) is 12.2. The number of hydrogen-bond donors (Lipinski definition) is 0. The number of fused-ring (bicyclic) bond motifs is 2. The smallest absolute Gasteiger partial charge is 0.195 e. The van der Waals surface area contributed by atoms with Crippen molar-refractivity contribution in [1.29, 1.82) is 0 Å². The van der Waals surface area contributed by atoms with Crippen LogP contribution in [0, 0.1) is 11.8 Å². The first-order valence-corrected chi connectivity index (χ1v) is 7.45. The first-order valence-electron chi connectivity index (χ1n) is 7.45. The van der Waals surface area contributed by atoms with E-state index in [1.807, 2.05) is 18.2 Å². The zero-order valence-electron chi connectivity index (χ0n) is 12.3. The van der Waals surface area contributed by atoms with Gasteiger partial charge in [0.05, 0.1) is 0 Å². The number of ketones is 2. The normalized spacial score (nSPS) is 14.7. The number of benzene rings is 2. The number of allylic oxidation sites excluding steroid dienone is 4. The number of hydrogen-bond acceptors (Lipinski definition) is 2. The first-order chi connectivity index (χ1) is 11.3. The maximum Gasteiger partial charge on any atom is 0.195 e. The molecule has 0 amide bonds. The zero-order valence-corrected chi connectivity index (χ0v) is 12.3. The Morgan fingerprint density at radius 3 is 2.26 bits per heavy atom. The van der Waals surface area contributed by atoms with Gasteiger partial charge in [0.25, 0.3) is 0 Å².